The van der Waals surface area contributed by atoms with E-state index in [1.54, 1.807) is 0 Å². The van der Waals surface area contributed by atoms with Crippen LogP contribution >= 0.6 is 10.8 Å². The molecule has 0 aromatic heterocycles. The highest BCUT2D eigenvalue weighted by molar-refractivity contribution is 8.26. The predicted octanol–water partition coefficient (Wildman–Crippen LogP) is 1.63. The molecule has 1 amide bonds. The summed E-state index contributed by atoms with van der Waals surface area (Å²) in [7, 11) is -2.06. The van der Waals surface area contributed by atoms with Gasteiger partial charge in [0.25, 0.3) is 5.91 Å². The highest BCUT2D eigenvalue weighted by atomic mass is 32.3. The van der Waals surface area contributed by atoms with Gasteiger partial charge in [-0.15, -0.1) is 0 Å². The highest BCUT2D eigenvalue weighted by Crippen LogP contribution is 2.55. The third kappa shape index (κ3) is 3.37. The lowest BCUT2D eigenvalue weighted by Crippen LogP contribution is -2.29. The van der Waals surface area contributed by atoms with Gasteiger partial charge in [0.2, 0.25) is 5.09 Å². The fourth-order valence-corrected chi connectivity index (χ4v) is 2.99. The van der Waals surface area contributed by atoms with Gasteiger partial charge in [-0.2, -0.15) is 0 Å². The Morgan fingerprint density at radius 3 is 2.56 bits per heavy atom. The third-order valence-corrected chi connectivity index (χ3v) is 4.32. The molecule has 0 bridgehead atoms. The van der Waals surface area contributed by atoms with Gasteiger partial charge in [0.05, 0.1) is 13.2 Å². The summed E-state index contributed by atoms with van der Waals surface area (Å²) in [6.07, 6.45) is 2.76. The lowest BCUT2D eigenvalue weighted by molar-refractivity contribution is -0.137. The molecule has 0 radical (unpaired) electrons. The zero-order valence-electron chi connectivity index (χ0n) is 10.0. The van der Waals surface area contributed by atoms with Crippen LogP contribution in [-0.4, -0.2) is 44.0 Å². The first-order valence-corrected chi connectivity index (χ1v) is 6.97. The fourth-order valence-electron chi connectivity index (χ4n) is 1.60. The quantitative estimate of drug-likeness (QED) is 0.611. The number of ether oxygens (including phenoxy) is 1. The number of carboxylic acid groups (broad SMARTS) is 1. The number of carbonyl (C=O) groups is 2. The van der Waals surface area contributed by atoms with Gasteiger partial charge in [-0.1, -0.05) is 17.2 Å². The van der Waals surface area contributed by atoms with Crippen LogP contribution in [0.25, 0.3) is 0 Å². The minimum absolute atomic E-state index is 0.0752. The van der Waals surface area contributed by atoms with Crippen molar-refractivity contribution < 1.29 is 28.5 Å². The molecule has 0 aromatic rings. The van der Waals surface area contributed by atoms with Gasteiger partial charge in [0.1, 0.15) is 0 Å². The van der Waals surface area contributed by atoms with E-state index in [1.807, 2.05) is 0 Å². The van der Waals surface area contributed by atoms with E-state index in [4.69, 9.17) is 9.84 Å². The molecule has 1 heterocycles. The molecule has 1 aliphatic heterocycles. The number of amides is 1. The van der Waals surface area contributed by atoms with Crippen LogP contribution in [0.3, 0.4) is 0 Å². The standard InChI is InChI=1S/C10H17NO6S/c1-17-10-7-8(12)11(18(10,15)16)6-4-2-3-5-9(13)14/h7,15-16H,2-6H2,1H3,(H,13,14). The number of nitrogens with zero attached hydrogens (tertiary/aromatic N) is 1. The summed E-state index contributed by atoms with van der Waals surface area (Å²) in [5.41, 5.74) is 0. The number of unbranched alkanes of at least 4 members (excludes halogenated alkanes) is 2. The van der Waals surface area contributed by atoms with Crippen LogP contribution in [0.1, 0.15) is 25.7 Å². The zero-order valence-corrected chi connectivity index (χ0v) is 10.9. The summed E-state index contributed by atoms with van der Waals surface area (Å²) in [4.78, 5) is 21.8. The predicted molar refractivity (Wildman–Crippen MR) is 65.8 cm³/mol. The maximum atomic E-state index is 11.5. The number of rotatable bonds is 7. The molecule has 7 nitrogen and oxygen atoms in total. The molecule has 0 aliphatic carbocycles. The van der Waals surface area contributed by atoms with E-state index in [2.05, 4.69) is 0 Å². The van der Waals surface area contributed by atoms with Gasteiger partial charge in [0.15, 0.2) is 0 Å². The largest absolute Gasteiger partial charge is 0.482 e. The number of methoxy groups -OCH3 is 1. The van der Waals surface area contributed by atoms with Gasteiger partial charge < -0.3 is 9.84 Å². The van der Waals surface area contributed by atoms with E-state index in [0.29, 0.717) is 19.3 Å². The molecule has 0 spiro atoms. The Labute approximate surface area is 107 Å². The van der Waals surface area contributed by atoms with Crippen molar-refractivity contribution in [1.29, 1.82) is 0 Å². The summed E-state index contributed by atoms with van der Waals surface area (Å²) in [6, 6.07) is 0. The average molecular weight is 279 g/mol. The van der Waals surface area contributed by atoms with Gasteiger partial charge in [0, 0.05) is 13.0 Å². The molecule has 18 heavy (non-hydrogen) atoms. The Kier molecular flexibility index (Phi) is 5.00. The molecule has 104 valence electrons. The Morgan fingerprint density at radius 2 is 2.06 bits per heavy atom. The van der Waals surface area contributed by atoms with Crippen LogP contribution in [0.5, 0.6) is 0 Å². The molecule has 3 N–H and O–H groups in total. The number of hydrogen-bond acceptors (Lipinski definition) is 5. The van der Waals surface area contributed by atoms with Gasteiger partial charge >= 0.3 is 5.97 Å². The number of carbonyl (C=O) groups excluding carboxylic acids is 1. The highest BCUT2D eigenvalue weighted by Gasteiger charge is 2.38. The lowest BCUT2D eigenvalue weighted by Gasteiger charge is -2.37. The van der Waals surface area contributed by atoms with Gasteiger partial charge in [-0.25, -0.2) is 4.31 Å². The SMILES string of the molecule is COC1=CC(=O)N(CCCCCC(=O)O)S1(O)O. The van der Waals surface area contributed by atoms with Gasteiger partial charge in [-0.05, 0) is 12.8 Å². The van der Waals surface area contributed by atoms with E-state index < -0.39 is 22.7 Å². The molecular weight excluding hydrogens is 262 g/mol. The van der Waals surface area contributed by atoms with Crippen molar-refractivity contribution in [2.24, 2.45) is 0 Å². The minimum atomic E-state index is -3.32. The fraction of sp³-hybridized carbons (Fsp3) is 0.600. The smallest absolute Gasteiger partial charge is 0.303 e. The Hall–Kier alpha value is -1.25. The molecule has 1 rings (SSSR count). The molecule has 8 heteroatoms. The van der Waals surface area contributed by atoms with Crippen molar-refractivity contribution in [3.05, 3.63) is 11.2 Å². The summed E-state index contributed by atoms with van der Waals surface area (Å²) < 4.78 is 25.3. The molecule has 0 saturated carbocycles. The van der Waals surface area contributed by atoms with Crippen molar-refractivity contribution in [3.63, 3.8) is 0 Å². The second kappa shape index (κ2) is 6.07. The van der Waals surface area contributed by atoms with Crippen molar-refractivity contribution in [2.45, 2.75) is 25.7 Å². The van der Waals surface area contributed by atoms with Crippen LogP contribution < -0.4 is 0 Å². The van der Waals surface area contributed by atoms with Crippen LogP contribution in [0.4, 0.5) is 0 Å². The maximum Gasteiger partial charge on any atom is 0.303 e. The van der Waals surface area contributed by atoms with Gasteiger partial charge in [-0.3, -0.25) is 18.7 Å². The monoisotopic (exact) mass is 279 g/mol. The van der Waals surface area contributed by atoms with Crippen molar-refractivity contribution >= 4 is 22.7 Å². The average Bonchev–Trinajstić information content (AvgIpc) is 2.49. The Morgan fingerprint density at radius 1 is 1.39 bits per heavy atom. The summed E-state index contributed by atoms with van der Waals surface area (Å²) in [6.45, 7) is 0.171. The number of carboxylic acids is 1. The molecular formula is C10H17NO6S. The second-order valence-electron chi connectivity index (χ2n) is 3.83. The topological polar surface area (TPSA) is 107 Å². The maximum absolute atomic E-state index is 11.5. The summed E-state index contributed by atoms with van der Waals surface area (Å²) in [5, 5.41) is 8.32. The second-order valence-corrected chi connectivity index (χ2v) is 5.71. The molecule has 0 atom stereocenters. The molecule has 0 fully saturated rings. The summed E-state index contributed by atoms with van der Waals surface area (Å²) >= 11 is 0. The Bertz CT molecular complexity index is 367. The van der Waals surface area contributed by atoms with Crippen LogP contribution in [0.15, 0.2) is 11.2 Å². The first kappa shape index (κ1) is 14.8. The van der Waals surface area contributed by atoms with E-state index in [9.17, 15) is 18.7 Å². The molecule has 0 saturated heterocycles. The van der Waals surface area contributed by atoms with E-state index in [1.165, 1.54) is 7.11 Å². The lowest BCUT2D eigenvalue weighted by atomic mass is 10.2. The van der Waals surface area contributed by atoms with Crippen molar-refractivity contribution in [1.82, 2.24) is 4.31 Å². The third-order valence-electron chi connectivity index (χ3n) is 2.52. The van der Waals surface area contributed by atoms with Crippen LogP contribution in [-0.2, 0) is 14.3 Å². The zero-order chi connectivity index (χ0) is 13.8. The first-order chi connectivity index (χ1) is 8.39. The number of hydrogen-bond donors (Lipinski definition) is 3. The Balaban J connectivity index is 2.39. The van der Waals surface area contributed by atoms with Crippen LogP contribution in [0.2, 0.25) is 0 Å². The van der Waals surface area contributed by atoms with E-state index >= 15 is 0 Å². The van der Waals surface area contributed by atoms with Crippen molar-refractivity contribution in [2.75, 3.05) is 13.7 Å². The molecule has 0 aromatic carbocycles. The van der Waals surface area contributed by atoms with Crippen LogP contribution in [0, 0.1) is 0 Å². The first-order valence-electron chi connectivity index (χ1n) is 5.47. The molecule has 0 unspecified atom stereocenters. The summed E-state index contributed by atoms with van der Waals surface area (Å²) in [5.74, 6) is -1.36. The van der Waals surface area contributed by atoms with Crippen molar-refractivity contribution in [3.8, 4) is 0 Å². The number of aliphatic carboxylic acids is 1. The van der Waals surface area contributed by atoms with E-state index in [-0.39, 0.29) is 18.1 Å². The van der Waals surface area contributed by atoms with E-state index in [0.717, 1.165) is 10.4 Å². The minimum Gasteiger partial charge on any atom is -0.482 e. The normalized spacial score (nSPS) is 19.6. The molecule has 1 aliphatic rings.